The molecular formula is C27H26F2N4O3. The first-order valence-electron chi connectivity index (χ1n) is 11.6. The molecule has 0 radical (unpaired) electrons. The minimum Gasteiger partial charge on any atom is -0.370 e. The van der Waals surface area contributed by atoms with Gasteiger partial charge in [-0.1, -0.05) is 6.07 Å². The Morgan fingerprint density at radius 2 is 1.61 bits per heavy atom. The van der Waals surface area contributed by atoms with Crippen LogP contribution in [0.2, 0.25) is 0 Å². The van der Waals surface area contributed by atoms with Crippen molar-refractivity contribution < 1.29 is 23.2 Å². The second kappa shape index (κ2) is 11.0. The number of carbonyl (C=O) groups excluding carboxylic acids is 3. The van der Waals surface area contributed by atoms with Gasteiger partial charge in [-0.05, 0) is 79.1 Å². The third-order valence-corrected chi connectivity index (χ3v) is 6.05. The molecule has 7 nitrogen and oxygen atoms in total. The van der Waals surface area contributed by atoms with Crippen LogP contribution in [0.15, 0.2) is 66.7 Å². The summed E-state index contributed by atoms with van der Waals surface area (Å²) in [6.07, 6.45) is 1.45. The van der Waals surface area contributed by atoms with Gasteiger partial charge >= 0.3 is 0 Å². The highest BCUT2D eigenvalue weighted by Crippen LogP contribution is 2.33. The zero-order valence-corrected chi connectivity index (χ0v) is 19.5. The molecule has 0 saturated carbocycles. The molecule has 186 valence electrons. The lowest BCUT2D eigenvalue weighted by Gasteiger charge is -2.34. The molecule has 0 aliphatic carbocycles. The highest BCUT2D eigenvalue weighted by Gasteiger charge is 2.25. The molecule has 9 heteroatoms. The summed E-state index contributed by atoms with van der Waals surface area (Å²) in [4.78, 5) is 40.8. The number of primary amides is 1. The van der Waals surface area contributed by atoms with Gasteiger partial charge in [-0.3, -0.25) is 14.4 Å². The highest BCUT2D eigenvalue weighted by atomic mass is 19.1. The Morgan fingerprint density at radius 1 is 0.944 bits per heavy atom. The number of nitrogens with zero attached hydrogens (tertiary/aromatic N) is 2. The summed E-state index contributed by atoms with van der Waals surface area (Å²) < 4.78 is 26.6. The number of fused-ring (bicyclic) bond motifs is 1. The Balaban J connectivity index is 1.54. The maximum atomic E-state index is 13.4. The van der Waals surface area contributed by atoms with Crippen LogP contribution in [-0.4, -0.2) is 37.4 Å². The predicted molar refractivity (Wildman–Crippen MR) is 134 cm³/mol. The average molecular weight is 493 g/mol. The van der Waals surface area contributed by atoms with E-state index in [2.05, 4.69) is 5.32 Å². The molecule has 0 unspecified atom stereocenters. The number of halogens is 2. The smallest absolute Gasteiger partial charge is 0.255 e. The summed E-state index contributed by atoms with van der Waals surface area (Å²) in [6.45, 7) is 0.730. The molecule has 0 fully saturated rings. The van der Waals surface area contributed by atoms with Crippen molar-refractivity contribution in [1.82, 2.24) is 0 Å². The fourth-order valence-electron chi connectivity index (χ4n) is 4.27. The molecule has 0 spiro atoms. The molecule has 3 aromatic carbocycles. The van der Waals surface area contributed by atoms with E-state index in [1.165, 1.54) is 53.4 Å². The summed E-state index contributed by atoms with van der Waals surface area (Å²) >= 11 is 0. The molecule has 0 atom stereocenters. The van der Waals surface area contributed by atoms with Crippen LogP contribution in [0.4, 0.5) is 25.8 Å². The third kappa shape index (κ3) is 5.86. The lowest BCUT2D eigenvalue weighted by molar-refractivity contribution is -0.118. The van der Waals surface area contributed by atoms with Crippen molar-refractivity contribution in [1.29, 1.82) is 0 Å². The molecule has 1 aliphatic heterocycles. The second-order valence-electron chi connectivity index (χ2n) is 8.53. The second-order valence-corrected chi connectivity index (χ2v) is 8.53. The number of anilines is 3. The van der Waals surface area contributed by atoms with Gasteiger partial charge in [-0.15, -0.1) is 0 Å². The summed E-state index contributed by atoms with van der Waals surface area (Å²) in [6, 6.07) is 16.3. The zero-order chi connectivity index (χ0) is 25.7. The van der Waals surface area contributed by atoms with E-state index in [1.807, 2.05) is 11.0 Å². The van der Waals surface area contributed by atoms with Crippen LogP contribution >= 0.6 is 0 Å². The van der Waals surface area contributed by atoms with Crippen LogP contribution < -0.4 is 20.9 Å². The van der Waals surface area contributed by atoms with Crippen LogP contribution in [-0.2, 0) is 16.0 Å². The van der Waals surface area contributed by atoms with E-state index in [1.54, 1.807) is 12.1 Å². The number of hydrogen-bond acceptors (Lipinski definition) is 4. The molecule has 3 N–H and O–H groups in total. The number of carbonyl (C=O) groups is 3. The van der Waals surface area contributed by atoms with Crippen LogP contribution in [0.5, 0.6) is 0 Å². The Kier molecular flexibility index (Phi) is 7.58. The largest absolute Gasteiger partial charge is 0.370 e. The van der Waals surface area contributed by atoms with Crippen LogP contribution in [0.25, 0.3) is 0 Å². The zero-order valence-electron chi connectivity index (χ0n) is 19.5. The molecule has 3 amide bonds. The first-order valence-corrected chi connectivity index (χ1v) is 11.6. The van der Waals surface area contributed by atoms with Crippen molar-refractivity contribution >= 4 is 34.8 Å². The van der Waals surface area contributed by atoms with Gasteiger partial charge in [0.15, 0.2) is 0 Å². The topological polar surface area (TPSA) is 95.7 Å². The molecule has 1 heterocycles. The molecule has 0 bridgehead atoms. The molecular weight excluding hydrogens is 466 g/mol. The van der Waals surface area contributed by atoms with Gasteiger partial charge in [-0.25, -0.2) is 8.78 Å². The van der Waals surface area contributed by atoms with Gasteiger partial charge in [-0.2, -0.15) is 0 Å². The first kappa shape index (κ1) is 24.8. The average Bonchev–Trinajstić information content (AvgIpc) is 2.86. The predicted octanol–water partition coefficient (Wildman–Crippen LogP) is 3.88. The fourth-order valence-corrected chi connectivity index (χ4v) is 4.27. The quantitative estimate of drug-likeness (QED) is 0.499. The molecule has 0 aromatic heterocycles. The lowest BCUT2D eigenvalue weighted by atomic mass is 9.99. The van der Waals surface area contributed by atoms with Crippen LogP contribution in [0.1, 0.15) is 28.8 Å². The summed E-state index contributed by atoms with van der Waals surface area (Å²) in [7, 11) is 0. The lowest BCUT2D eigenvalue weighted by Crippen LogP contribution is -2.43. The normalized spacial score (nSPS) is 12.6. The minimum absolute atomic E-state index is 0.0263. The monoisotopic (exact) mass is 492 g/mol. The number of nitrogens with two attached hydrogens (primary N) is 1. The Bertz CT molecular complexity index is 1260. The minimum atomic E-state index is -0.542. The van der Waals surface area contributed by atoms with E-state index in [0.29, 0.717) is 29.9 Å². The van der Waals surface area contributed by atoms with Gasteiger partial charge in [0.1, 0.15) is 11.6 Å². The molecule has 4 rings (SSSR count). The van der Waals surface area contributed by atoms with Gasteiger partial charge in [0.25, 0.3) is 5.91 Å². The fraction of sp³-hybridized carbons (Fsp3) is 0.222. The standard InChI is InChI=1S/C27H26F2N4O3/c28-19-8-6-18(7-9-19)27(36)31-23-4-1-5-24-22(23)3-2-15-32(24)17-26(35)33(16-14-25(30)34)21-12-10-20(29)11-13-21/h1,4-13H,2-3,14-17H2,(H2,30,34)(H,31,36). The van der Waals surface area contributed by atoms with Crippen molar-refractivity contribution in [2.24, 2.45) is 5.73 Å². The van der Waals surface area contributed by atoms with Crippen LogP contribution in [0.3, 0.4) is 0 Å². The molecule has 0 saturated heterocycles. The number of hydrogen-bond donors (Lipinski definition) is 2. The molecule has 1 aliphatic rings. The van der Waals surface area contributed by atoms with Crippen molar-refractivity contribution in [3.05, 3.63) is 89.5 Å². The number of benzene rings is 3. The van der Waals surface area contributed by atoms with Gasteiger partial charge in [0.2, 0.25) is 11.8 Å². The van der Waals surface area contributed by atoms with E-state index in [-0.39, 0.29) is 31.3 Å². The number of amides is 3. The van der Waals surface area contributed by atoms with E-state index in [9.17, 15) is 23.2 Å². The van der Waals surface area contributed by atoms with Gasteiger partial charge in [0, 0.05) is 42.1 Å². The Morgan fingerprint density at radius 3 is 2.28 bits per heavy atom. The Hall–Kier alpha value is -4.27. The van der Waals surface area contributed by atoms with E-state index in [0.717, 1.165) is 17.7 Å². The van der Waals surface area contributed by atoms with Gasteiger partial charge < -0.3 is 20.9 Å². The van der Waals surface area contributed by atoms with Crippen molar-refractivity contribution in [3.8, 4) is 0 Å². The Labute approximate surface area is 207 Å². The van der Waals surface area contributed by atoms with Gasteiger partial charge in [0.05, 0.1) is 6.54 Å². The maximum Gasteiger partial charge on any atom is 0.255 e. The molecule has 3 aromatic rings. The number of rotatable bonds is 8. The highest BCUT2D eigenvalue weighted by molar-refractivity contribution is 6.05. The van der Waals surface area contributed by atoms with Crippen LogP contribution in [0, 0.1) is 11.6 Å². The molecule has 36 heavy (non-hydrogen) atoms. The van der Waals surface area contributed by atoms with E-state index < -0.39 is 17.5 Å². The maximum absolute atomic E-state index is 13.4. The first-order chi connectivity index (χ1) is 17.3. The number of nitrogens with one attached hydrogen (secondary N) is 1. The van der Waals surface area contributed by atoms with E-state index in [4.69, 9.17) is 5.73 Å². The van der Waals surface area contributed by atoms with Crippen molar-refractivity contribution in [2.75, 3.05) is 34.8 Å². The van der Waals surface area contributed by atoms with Crippen molar-refractivity contribution in [2.45, 2.75) is 19.3 Å². The SMILES string of the molecule is NC(=O)CCN(C(=O)CN1CCCc2c(NC(=O)c3ccc(F)cc3)cccc21)c1ccc(F)cc1. The van der Waals surface area contributed by atoms with Crippen molar-refractivity contribution in [3.63, 3.8) is 0 Å². The summed E-state index contributed by atoms with van der Waals surface area (Å²) in [5, 5.41) is 2.90. The summed E-state index contributed by atoms with van der Waals surface area (Å²) in [5.41, 5.74) is 8.45. The third-order valence-electron chi connectivity index (χ3n) is 6.05. The summed E-state index contributed by atoms with van der Waals surface area (Å²) in [5.74, 6) is -2.02. The van der Waals surface area contributed by atoms with E-state index >= 15 is 0 Å².